The highest BCUT2D eigenvalue weighted by molar-refractivity contribution is 6.74. The van der Waals surface area contributed by atoms with Gasteiger partial charge in [-0.15, -0.1) is 6.42 Å². The van der Waals surface area contributed by atoms with Crippen LogP contribution in [-0.2, 0) is 9.16 Å². The Bertz CT molecular complexity index is 686. The van der Waals surface area contributed by atoms with Gasteiger partial charge < -0.3 is 9.16 Å². The second kappa shape index (κ2) is 10.5. The van der Waals surface area contributed by atoms with Gasteiger partial charge in [0.2, 0.25) is 0 Å². The van der Waals surface area contributed by atoms with Crippen molar-refractivity contribution in [1.82, 2.24) is 4.90 Å². The van der Waals surface area contributed by atoms with Crippen LogP contribution in [0.5, 0.6) is 0 Å². The van der Waals surface area contributed by atoms with Gasteiger partial charge in [0.05, 0.1) is 25.3 Å². The van der Waals surface area contributed by atoms with Crippen LogP contribution in [0.2, 0.25) is 18.1 Å². The second-order valence-corrected chi connectivity index (χ2v) is 13.0. The molecule has 0 spiro atoms. The highest BCUT2D eigenvalue weighted by Crippen LogP contribution is 2.40. The minimum Gasteiger partial charge on any atom is -0.450 e. The van der Waals surface area contributed by atoms with Gasteiger partial charge in [0.15, 0.2) is 8.32 Å². The number of nitrogens with zero attached hydrogens (tertiary/aromatic N) is 1. The van der Waals surface area contributed by atoms with E-state index >= 15 is 0 Å². The topological polar surface area (TPSA) is 38.8 Å². The molecule has 28 heavy (non-hydrogen) atoms. The van der Waals surface area contributed by atoms with Crippen LogP contribution in [0.4, 0.5) is 4.79 Å². The first-order chi connectivity index (χ1) is 13.1. The molecule has 0 N–H and O–H groups in total. The Kier molecular flexibility index (Phi) is 9.00. The summed E-state index contributed by atoms with van der Waals surface area (Å²) in [5.74, 6) is 2.60. The zero-order valence-corrected chi connectivity index (χ0v) is 19.4. The summed E-state index contributed by atoms with van der Waals surface area (Å²) in [6.07, 6.45) is 8.82. The fourth-order valence-corrected chi connectivity index (χ4v) is 3.94. The predicted molar refractivity (Wildman–Crippen MR) is 119 cm³/mol. The van der Waals surface area contributed by atoms with Gasteiger partial charge in [-0.25, -0.2) is 4.79 Å². The van der Waals surface area contributed by atoms with Crippen LogP contribution in [0.15, 0.2) is 42.5 Å². The van der Waals surface area contributed by atoms with E-state index < -0.39 is 14.4 Å². The van der Waals surface area contributed by atoms with Crippen molar-refractivity contribution in [2.45, 2.75) is 64.9 Å². The lowest BCUT2D eigenvalue weighted by molar-refractivity contribution is 0.0617. The average molecular weight is 402 g/mol. The van der Waals surface area contributed by atoms with Crippen molar-refractivity contribution in [3.05, 3.63) is 48.0 Å². The summed E-state index contributed by atoms with van der Waals surface area (Å²) in [5, 5.41) is 0.0367. The van der Waals surface area contributed by atoms with Gasteiger partial charge in [-0.2, -0.15) is 0 Å². The lowest BCUT2D eigenvalue weighted by atomic mass is 9.99. The number of amides is 1. The normalized spacial score (nSPS) is 14.4. The lowest BCUT2D eigenvalue weighted by Gasteiger charge is -2.43. The Morgan fingerprint density at radius 3 is 2.36 bits per heavy atom. The SMILES string of the molecule is C#CCN(C(=O)OCC)[C@H](c1ccccc1)[C@@H](/C=C/C)O[Si](C)(C)C(C)(C)C. The van der Waals surface area contributed by atoms with Crippen LogP contribution in [0.3, 0.4) is 0 Å². The number of terminal acetylenes is 1. The van der Waals surface area contributed by atoms with Crippen LogP contribution in [-0.4, -0.2) is 38.6 Å². The van der Waals surface area contributed by atoms with E-state index in [0.717, 1.165) is 5.56 Å². The Balaban J connectivity index is 3.49. The van der Waals surface area contributed by atoms with E-state index in [4.69, 9.17) is 15.6 Å². The molecule has 1 rings (SSSR count). The Hall–Kier alpha value is -2.03. The zero-order valence-electron chi connectivity index (χ0n) is 18.4. The molecule has 0 aliphatic carbocycles. The van der Waals surface area contributed by atoms with Crippen molar-refractivity contribution < 1.29 is 14.0 Å². The molecule has 5 heteroatoms. The number of carbonyl (C=O) groups excluding carboxylic acids is 1. The smallest absolute Gasteiger partial charge is 0.411 e. The molecule has 4 nitrogen and oxygen atoms in total. The number of hydrogen-bond acceptors (Lipinski definition) is 3. The van der Waals surface area contributed by atoms with Gasteiger partial charge in [0.1, 0.15) is 0 Å². The van der Waals surface area contributed by atoms with Gasteiger partial charge in [0, 0.05) is 0 Å². The van der Waals surface area contributed by atoms with Gasteiger partial charge in [0.25, 0.3) is 0 Å². The van der Waals surface area contributed by atoms with Crippen LogP contribution in [0.25, 0.3) is 0 Å². The van der Waals surface area contributed by atoms with Crippen molar-refractivity contribution in [2.24, 2.45) is 0 Å². The number of carbonyl (C=O) groups is 1. The molecule has 0 bridgehead atoms. The quantitative estimate of drug-likeness (QED) is 0.314. The molecule has 0 saturated heterocycles. The molecule has 154 valence electrons. The van der Waals surface area contributed by atoms with E-state index in [1.54, 1.807) is 11.8 Å². The Morgan fingerprint density at radius 1 is 1.29 bits per heavy atom. The highest BCUT2D eigenvalue weighted by Gasteiger charge is 2.42. The molecule has 0 radical (unpaired) electrons. The van der Waals surface area contributed by atoms with Crippen LogP contribution in [0.1, 0.15) is 46.2 Å². The van der Waals surface area contributed by atoms with E-state index in [-0.39, 0.29) is 23.7 Å². The minimum absolute atomic E-state index is 0.0367. The third-order valence-corrected chi connectivity index (χ3v) is 9.64. The van der Waals surface area contributed by atoms with Crippen LogP contribution >= 0.6 is 0 Å². The predicted octanol–water partition coefficient (Wildman–Crippen LogP) is 5.79. The molecule has 0 aromatic heterocycles. The van der Waals surface area contributed by atoms with Crippen molar-refractivity contribution in [3.8, 4) is 12.3 Å². The monoisotopic (exact) mass is 401 g/mol. The molecular weight excluding hydrogens is 366 g/mol. The molecule has 0 heterocycles. The molecule has 2 atom stereocenters. The number of ether oxygens (including phenoxy) is 1. The molecular formula is C23H35NO3Si. The fraction of sp³-hybridized carbons (Fsp3) is 0.522. The Labute approximate surface area is 172 Å². The minimum atomic E-state index is -2.10. The van der Waals surface area contributed by atoms with E-state index in [9.17, 15) is 4.79 Å². The van der Waals surface area contributed by atoms with E-state index in [2.05, 4.69) is 39.8 Å². The van der Waals surface area contributed by atoms with Gasteiger partial charge >= 0.3 is 6.09 Å². The lowest BCUT2D eigenvalue weighted by Crippen LogP contribution is -2.49. The fourth-order valence-electron chi connectivity index (χ4n) is 2.69. The maximum Gasteiger partial charge on any atom is 0.411 e. The number of hydrogen-bond donors (Lipinski definition) is 0. The molecule has 0 aliphatic heterocycles. The van der Waals surface area contributed by atoms with E-state index in [0.29, 0.717) is 6.61 Å². The molecule has 1 aromatic carbocycles. The molecule has 0 fully saturated rings. The summed E-state index contributed by atoms with van der Waals surface area (Å²) >= 11 is 0. The summed E-state index contributed by atoms with van der Waals surface area (Å²) in [6, 6.07) is 9.50. The maximum atomic E-state index is 12.8. The van der Waals surface area contributed by atoms with E-state index in [1.165, 1.54) is 0 Å². The molecule has 0 unspecified atom stereocenters. The van der Waals surface area contributed by atoms with Gasteiger partial charge in [-0.05, 0) is 37.5 Å². The van der Waals surface area contributed by atoms with Crippen molar-refractivity contribution in [1.29, 1.82) is 0 Å². The molecule has 1 aromatic rings. The first-order valence-electron chi connectivity index (χ1n) is 9.81. The molecule has 0 aliphatic rings. The summed E-state index contributed by atoms with van der Waals surface area (Å²) in [5.41, 5.74) is 0.965. The summed E-state index contributed by atoms with van der Waals surface area (Å²) in [6.45, 7) is 15.2. The zero-order chi connectivity index (χ0) is 21.4. The van der Waals surface area contributed by atoms with Gasteiger partial charge in [-0.3, -0.25) is 4.90 Å². The maximum absolute atomic E-state index is 12.8. The second-order valence-electron chi connectivity index (χ2n) is 8.26. The van der Waals surface area contributed by atoms with Crippen LogP contribution in [0, 0.1) is 12.3 Å². The highest BCUT2D eigenvalue weighted by atomic mass is 28.4. The number of rotatable bonds is 8. The number of allylic oxidation sites excluding steroid dienone is 1. The summed E-state index contributed by atoms with van der Waals surface area (Å²) in [7, 11) is -2.10. The van der Waals surface area contributed by atoms with Crippen molar-refractivity contribution >= 4 is 14.4 Å². The standard InChI is InChI=1S/C23H35NO3Si/c1-9-15-20(27-28(7,8)23(4,5)6)21(19-16-13-12-14-17-19)24(18-10-2)22(25)26-11-3/h2,9,12-17,20-21H,11,18H2,1,3-8H3/b15-9+/t20-,21-/m1/s1. The summed E-state index contributed by atoms with van der Waals surface area (Å²) < 4.78 is 12.1. The van der Waals surface area contributed by atoms with E-state index in [1.807, 2.05) is 49.4 Å². The Morgan fingerprint density at radius 2 is 1.89 bits per heavy atom. The first kappa shape index (κ1) is 24.0. The number of benzene rings is 1. The molecule has 1 amide bonds. The largest absolute Gasteiger partial charge is 0.450 e. The molecule has 0 saturated carbocycles. The van der Waals surface area contributed by atoms with Crippen molar-refractivity contribution in [3.63, 3.8) is 0 Å². The van der Waals surface area contributed by atoms with Crippen LogP contribution < -0.4 is 0 Å². The third-order valence-electron chi connectivity index (χ3n) is 5.17. The van der Waals surface area contributed by atoms with Gasteiger partial charge in [-0.1, -0.05) is 69.2 Å². The average Bonchev–Trinajstić information content (AvgIpc) is 2.61. The van der Waals surface area contributed by atoms with Crippen molar-refractivity contribution in [2.75, 3.05) is 13.2 Å². The first-order valence-corrected chi connectivity index (χ1v) is 12.7. The third kappa shape index (κ3) is 6.25. The summed E-state index contributed by atoms with van der Waals surface area (Å²) in [4.78, 5) is 14.4.